The molecule has 10 nitrogen and oxygen atoms in total. The fourth-order valence-corrected chi connectivity index (χ4v) is 5.84. The second-order valence-corrected chi connectivity index (χ2v) is 17.0. The Labute approximate surface area is 370 Å². The molecule has 0 aromatic rings. The van der Waals surface area contributed by atoms with Gasteiger partial charge in [0.05, 0.1) is 33.9 Å². The topological polar surface area (TPSA) is 129 Å². The van der Waals surface area contributed by atoms with Crippen molar-refractivity contribution in [2.75, 3.05) is 47.5 Å². The van der Waals surface area contributed by atoms with E-state index in [0.29, 0.717) is 43.1 Å². The maximum Gasteiger partial charge on any atom is 0.472 e. The average Bonchev–Trinajstić information content (AvgIpc) is 3.21. The number of unbranched alkanes of at least 4 members (excludes halogenated alkanes) is 4. The lowest BCUT2D eigenvalue weighted by molar-refractivity contribution is -0.870. The number of phosphoric acid groups is 1. The summed E-state index contributed by atoms with van der Waals surface area (Å²) in [7, 11) is 1.36. The number of hydrogen-bond acceptors (Lipinski definition) is 8. The van der Waals surface area contributed by atoms with Crippen LogP contribution in [-0.4, -0.2) is 86.1 Å². The third kappa shape index (κ3) is 44.2. The highest BCUT2D eigenvalue weighted by atomic mass is 31.2. The van der Waals surface area contributed by atoms with Crippen molar-refractivity contribution >= 4 is 19.8 Å². The Hall–Kier alpha value is -3.63. The molecule has 0 radical (unpaired) electrons. The van der Waals surface area contributed by atoms with E-state index in [9.17, 15) is 24.2 Å². The number of likely N-dealkylation sites (N-methyl/N-ethyl adjacent to an activating group) is 1. The molecule has 61 heavy (non-hydrogen) atoms. The fraction of sp³-hybridized carbons (Fsp3) is 0.560. The molecule has 0 aromatic heterocycles. The monoisotopic (exact) mass is 871 g/mol. The van der Waals surface area contributed by atoms with E-state index in [2.05, 4.69) is 86.8 Å². The van der Waals surface area contributed by atoms with Crippen LogP contribution < -0.4 is 0 Å². The molecule has 0 saturated carbocycles. The molecule has 0 fully saturated rings. The van der Waals surface area contributed by atoms with Gasteiger partial charge in [0.25, 0.3) is 0 Å². The molecular weight excluding hydrogens is 790 g/mol. The number of esters is 2. The molecular formula is C50H81NO9P+. The highest BCUT2D eigenvalue weighted by Gasteiger charge is 2.27. The van der Waals surface area contributed by atoms with Gasteiger partial charge in [0, 0.05) is 12.8 Å². The van der Waals surface area contributed by atoms with Crippen LogP contribution >= 0.6 is 7.82 Å². The Balaban J connectivity index is 4.60. The van der Waals surface area contributed by atoms with Crippen LogP contribution in [0.2, 0.25) is 0 Å². The first-order valence-electron chi connectivity index (χ1n) is 22.4. The fourth-order valence-electron chi connectivity index (χ4n) is 5.10. The largest absolute Gasteiger partial charge is 0.472 e. The van der Waals surface area contributed by atoms with E-state index in [1.54, 1.807) is 6.08 Å². The molecule has 2 unspecified atom stereocenters. The number of carbonyl (C=O) groups is 2. The van der Waals surface area contributed by atoms with Gasteiger partial charge in [0.15, 0.2) is 6.10 Å². The van der Waals surface area contributed by atoms with Crippen molar-refractivity contribution < 1.29 is 47.2 Å². The molecule has 0 aliphatic heterocycles. The second kappa shape index (κ2) is 40.4. The number of ether oxygens (including phenoxy) is 2. The molecule has 0 spiro atoms. The first-order valence-corrected chi connectivity index (χ1v) is 23.9. The zero-order chi connectivity index (χ0) is 45.1. The lowest BCUT2D eigenvalue weighted by Gasteiger charge is -2.24. The predicted octanol–water partition coefficient (Wildman–Crippen LogP) is 11.9. The maximum absolute atomic E-state index is 12.7. The number of hydrogen-bond donors (Lipinski definition) is 2. The van der Waals surface area contributed by atoms with E-state index in [1.807, 2.05) is 63.7 Å². The van der Waals surface area contributed by atoms with Gasteiger partial charge in [-0.05, 0) is 89.9 Å². The van der Waals surface area contributed by atoms with Crippen LogP contribution in [-0.2, 0) is 32.7 Å². The van der Waals surface area contributed by atoms with Crippen molar-refractivity contribution in [2.45, 2.75) is 135 Å². The predicted molar refractivity (Wildman–Crippen MR) is 253 cm³/mol. The number of quaternary nitrogens is 1. The molecule has 0 aliphatic carbocycles. The van der Waals surface area contributed by atoms with Gasteiger partial charge in [0.2, 0.25) is 0 Å². The van der Waals surface area contributed by atoms with Gasteiger partial charge < -0.3 is 24.0 Å². The van der Waals surface area contributed by atoms with Crippen molar-refractivity contribution in [3.63, 3.8) is 0 Å². The standard InChI is InChI=1S/C50H80NO9P/c1-6-8-10-12-14-15-16-17-18-19-20-21-22-23-24-25-29-33-37-41-49(53)57-45-48(46-59-61(55,56)58-44-43-51(3,4)5)60-50(54)42-38-34-30-27-26-28-32-36-40-47(52)39-35-31-13-11-9-7-2/h8-11,14-15,17-18,20-21,23-24,27-28,30-32,35-36,40,47-48,52H,6-7,12-13,16,19,22,25-26,29,33-34,37-39,41-46H2,1-5H3/p+1/b10-8-,11-9-,15-14-,18-17-,21-20-,24-23-,30-27-,32-28-,35-31-,40-36+/t47?,48-/m1/s1. The molecule has 344 valence electrons. The van der Waals surface area contributed by atoms with Crippen molar-refractivity contribution in [3.8, 4) is 0 Å². The number of aliphatic hydroxyl groups is 1. The van der Waals surface area contributed by atoms with Crippen LogP contribution in [0.1, 0.15) is 123 Å². The number of phosphoric ester groups is 1. The summed E-state index contributed by atoms with van der Waals surface area (Å²) in [6.45, 7) is 3.95. The second-order valence-electron chi connectivity index (χ2n) is 15.5. The van der Waals surface area contributed by atoms with Crippen LogP contribution in [0, 0.1) is 0 Å². The Kier molecular flexibility index (Phi) is 38.0. The molecule has 2 N–H and O–H groups in total. The van der Waals surface area contributed by atoms with Crippen LogP contribution in [0.4, 0.5) is 0 Å². The van der Waals surface area contributed by atoms with Gasteiger partial charge >= 0.3 is 19.8 Å². The summed E-state index contributed by atoms with van der Waals surface area (Å²) >= 11 is 0. The summed E-state index contributed by atoms with van der Waals surface area (Å²) in [5.74, 6) is -0.959. The highest BCUT2D eigenvalue weighted by Crippen LogP contribution is 2.43. The zero-order valence-electron chi connectivity index (χ0n) is 38.2. The summed E-state index contributed by atoms with van der Waals surface area (Å²) < 4.78 is 34.2. The number of aliphatic hydroxyl groups excluding tert-OH is 1. The Morgan fingerprint density at radius 1 is 0.590 bits per heavy atom. The van der Waals surface area contributed by atoms with Gasteiger partial charge in [-0.25, -0.2) is 4.57 Å². The van der Waals surface area contributed by atoms with E-state index in [0.717, 1.165) is 64.2 Å². The van der Waals surface area contributed by atoms with Crippen molar-refractivity contribution in [2.24, 2.45) is 0 Å². The average molecular weight is 871 g/mol. The molecule has 11 heteroatoms. The summed E-state index contributed by atoms with van der Waals surface area (Å²) in [5.41, 5.74) is 0. The summed E-state index contributed by atoms with van der Waals surface area (Å²) in [4.78, 5) is 35.4. The molecule has 0 rings (SSSR count). The number of carbonyl (C=O) groups excluding carboxylic acids is 2. The van der Waals surface area contributed by atoms with E-state index in [-0.39, 0.29) is 26.1 Å². The molecule has 3 atom stereocenters. The Morgan fingerprint density at radius 2 is 1.10 bits per heavy atom. The van der Waals surface area contributed by atoms with Gasteiger partial charge in [-0.15, -0.1) is 0 Å². The van der Waals surface area contributed by atoms with Crippen LogP contribution in [0.15, 0.2) is 122 Å². The Morgan fingerprint density at radius 3 is 1.67 bits per heavy atom. The molecule has 0 amide bonds. The number of nitrogens with zero attached hydrogens (tertiary/aromatic N) is 1. The molecule has 0 aromatic carbocycles. The summed E-state index contributed by atoms with van der Waals surface area (Å²) in [6, 6.07) is 0. The highest BCUT2D eigenvalue weighted by molar-refractivity contribution is 7.47. The lowest BCUT2D eigenvalue weighted by atomic mass is 10.1. The van der Waals surface area contributed by atoms with Crippen molar-refractivity contribution in [3.05, 3.63) is 122 Å². The third-order valence-electron chi connectivity index (χ3n) is 8.57. The van der Waals surface area contributed by atoms with Gasteiger partial charge in [-0.3, -0.25) is 18.6 Å². The van der Waals surface area contributed by atoms with Gasteiger partial charge in [0.1, 0.15) is 19.8 Å². The summed E-state index contributed by atoms with van der Waals surface area (Å²) in [6.07, 6.45) is 52.9. The molecule has 0 bridgehead atoms. The minimum absolute atomic E-state index is 0.00360. The van der Waals surface area contributed by atoms with E-state index in [4.69, 9.17) is 18.5 Å². The maximum atomic E-state index is 12.7. The first kappa shape index (κ1) is 57.4. The zero-order valence-corrected chi connectivity index (χ0v) is 39.1. The normalized spacial score (nSPS) is 15.2. The number of rotatable bonds is 38. The Bertz CT molecular complexity index is 1460. The first-order chi connectivity index (χ1) is 29.4. The van der Waals surface area contributed by atoms with E-state index >= 15 is 0 Å². The van der Waals surface area contributed by atoms with Gasteiger partial charge in [-0.2, -0.15) is 0 Å². The minimum atomic E-state index is -4.43. The third-order valence-corrected chi connectivity index (χ3v) is 9.55. The quantitative estimate of drug-likeness (QED) is 0.0156. The van der Waals surface area contributed by atoms with E-state index in [1.165, 1.54) is 0 Å². The van der Waals surface area contributed by atoms with Crippen LogP contribution in [0.25, 0.3) is 0 Å². The summed E-state index contributed by atoms with van der Waals surface area (Å²) in [5, 5.41) is 10.0. The molecule has 0 aliphatic rings. The molecule has 0 saturated heterocycles. The van der Waals surface area contributed by atoms with Crippen molar-refractivity contribution in [1.29, 1.82) is 0 Å². The molecule has 0 heterocycles. The SMILES string of the molecule is CC/C=C\C/C=C\C/C=C\C/C=C\C/C=C\CCCCCC(=O)OC[C@H](COP(=O)(O)OCC[N+](C)(C)C)OC(=O)CCC/C=C\C/C=C\C=C\C(O)C/C=C\C/C=C\CC. The minimum Gasteiger partial charge on any atom is -0.462 e. The van der Waals surface area contributed by atoms with Crippen LogP contribution in [0.5, 0.6) is 0 Å². The van der Waals surface area contributed by atoms with Crippen LogP contribution in [0.3, 0.4) is 0 Å². The van der Waals surface area contributed by atoms with Gasteiger partial charge in [-0.1, -0.05) is 142 Å². The lowest BCUT2D eigenvalue weighted by Crippen LogP contribution is -2.37. The van der Waals surface area contributed by atoms with Crippen molar-refractivity contribution in [1.82, 2.24) is 0 Å². The number of allylic oxidation sites excluding steroid dienone is 18. The van der Waals surface area contributed by atoms with E-state index < -0.39 is 38.6 Å². The smallest absolute Gasteiger partial charge is 0.462 e.